The number of carbonyl (C=O) groups excluding carboxylic acids is 2. The van der Waals surface area contributed by atoms with Crippen molar-refractivity contribution in [1.82, 2.24) is 9.36 Å². The molecule has 5 heteroatoms. The molecule has 5 rings (SSSR count). The van der Waals surface area contributed by atoms with E-state index in [1.165, 1.54) is 9.36 Å². The molecule has 1 heterocycles. The van der Waals surface area contributed by atoms with Gasteiger partial charge in [-0.1, -0.05) is 72.5 Å². The van der Waals surface area contributed by atoms with Crippen LogP contribution in [-0.2, 0) is 6.54 Å². The Hall–Kier alpha value is -4.43. The number of hydrogen-bond acceptors (Lipinski definition) is 3. The van der Waals surface area contributed by atoms with Crippen LogP contribution in [0.1, 0.15) is 37.5 Å². The summed E-state index contributed by atoms with van der Waals surface area (Å²) in [4.78, 5) is 39.8. The molecule has 4 aromatic rings. The summed E-state index contributed by atoms with van der Waals surface area (Å²) in [5.41, 5.74) is 1.45. The Bertz CT molecular complexity index is 1450. The zero-order valence-electron chi connectivity index (χ0n) is 16.4. The van der Waals surface area contributed by atoms with Gasteiger partial charge in [0.05, 0.1) is 5.69 Å². The van der Waals surface area contributed by atoms with Crippen molar-refractivity contribution in [3.05, 3.63) is 123 Å². The Kier molecular flexibility index (Phi) is 4.46. The summed E-state index contributed by atoms with van der Waals surface area (Å²) in [7, 11) is 0. The molecule has 0 unspecified atom stereocenters. The van der Waals surface area contributed by atoms with E-state index in [2.05, 4.69) is 11.8 Å². The second-order valence-electron chi connectivity index (χ2n) is 7.11. The smallest absolute Gasteiger partial charge is 0.279 e. The van der Waals surface area contributed by atoms with Crippen molar-refractivity contribution in [3.63, 3.8) is 0 Å². The van der Waals surface area contributed by atoms with Gasteiger partial charge in [-0.15, -0.1) is 0 Å². The fraction of sp³-hybridized carbons (Fsp3) is 0.0385. The van der Waals surface area contributed by atoms with E-state index >= 15 is 0 Å². The number of carbonyl (C=O) groups is 2. The van der Waals surface area contributed by atoms with E-state index in [0.29, 0.717) is 11.3 Å². The molecule has 0 bridgehead atoms. The molecule has 31 heavy (non-hydrogen) atoms. The molecule has 0 fully saturated rings. The highest BCUT2D eigenvalue weighted by Gasteiger charge is 2.37. The van der Waals surface area contributed by atoms with Crippen molar-refractivity contribution in [2.45, 2.75) is 6.54 Å². The van der Waals surface area contributed by atoms with E-state index in [0.717, 1.165) is 5.56 Å². The van der Waals surface area contributed by atoms with E-state index in [1.54, 1.807) is 36.4 Å². The van der Waals surface area contributed by atoms with E-state index < -0.39 is 11.3 Å². The standard InChI is InChI=1S/C26H16N2O3/c29-24-20-15-7-8-16-21(20)25(30)23-22(24)26(31)27(28(23)19-13-5-2-6-14-19)17-9-12-18-10-3-1-4-11-18/h1-8,10-11,13-16H,17H2. The van der Waals surface area contributed by atoms with Gasteiger partial charge in [0.25, 0.3) is 5.56 Å². The molecule has 0 N–H and O–H groups in total. The van der Waals surface area contributed by atoms with Crippen molar-refractivity contribution in [2.75, 3.05) is 0 Å². The van der Waals surface area contributed by atoms with Crippen molar-refractivity contribution < 1.29 is 9.59 Å². The summed E-state index contributed by atoms with van der Waals surface area (Å²) in [6.07, 6.45) is 0. The zero-order chi connectivity index (χ0) is 21.4. The highest BCUT2D eigenvalue weighted by Crippen LogP contribution is 2.27. The minimum absolute atomic E-state index is 0.0343. The minimum atomic E-state index is -0.519. The maximum Gasteiger partial charge on any atom is 0.279 e. The van der Waals surface area contributed by atoms with Gasteiger partial charge < -0.3 is 0 Å². The van der Waals surface area contributed by atoms with Gasteiger partial charge in [0.1, 0.15) is 17.8 Å². The normalized spacial score (nSPS) is 12.0. The average molecular weight is 404 g/mol. The number of nitrogens with zero attached hydrogens (tertiary/aromatic N) is 2. The molecule has 148 valence electrons. The summed E-state index contributed by atoms with van der Waals surface area (Å²) in [6.45, 7) is 0.0343. The van der Waals surface area contributed by atoms with E-state index in [1.807, 2.05) is 48.5 Å². The van der Waals surface area contributed by atoms with Crippen molar-refractivity contribution in [2.24, 2.45) is 0 Å². The third-order valence-corrected chi connectivity index (χ3v) is 5.23. The molecule has 0 radical (unpaired) electrons. The Morgan fingerprint density at radius 1 is 0.677 bits per heavy atom. The van der Waals surface area contributed by atoms with Crippen molar-refractivity contribution in [1.29, 1.82) is 0 Å². The average Bonchev–Trinajstić information content (AvgIpc) is 3.11. The predicted octanol–water partition coefficient (Wildman–Crippen LogP) is 3.47. The Balaban J connectivity index is 1.72. The molecule has 0 saturated heterocycles. The van der Waals surface area contributed by atoms with Crippen LogP contribution in [0.5, 0.6) is 0 Å². The topological polar surface area (TPSA) is 61.1 Å². The van der Waals surface area contributed by atoms with Gasteiger partial charge in [0.2, 0.25) is 11.6 Å². The monoisotopic (exact) mass is 404 g/mol. The molecule has 0 amide bonds. The molecule has 1 aromatic heterocycles. The first-order chi connectivity index (χ1) is 15.2. The maximum absolute atomic E-state index is 13.3. The van der Waals surface area contributed by atoms with Crippen LogP contribution in [0.15, 0.2) is 89.7 Å². The van der Waals surface area contributed by atoms with Crippen LogP contribution in [0, 0.1) is 11.8 Å². The fourth-order valence-corrected chi connectivity index (χ4v) is 3.82. The molecule has 0 aliphatic heterocycles. The number of fused-ring (bicyclic) bond motifs is 2. The number of aromatic nitrogens is 2. The lowest BCUT2D eigenvalue weighted by molar-refractivity contribution is 0.0974. The van der Waals surface area contributed by atoms with Crippen LogP contribution < -0.4 is 5.56 Å². The summed E-state index contributed by atoms with van der Waals surface area (Å²) in [5.74, 6) is 5.24. The molecule has 3 aromatic carbocycles. The molecular weight excluding hydrogens is 388 g/mol. The van der Waals surface area contributed by atoms with E-state index in [-0.39, 0.29) is 29.1 Å². The number of ketones is 2. The van der Waals surface area contributed by atoms with E-state index in [4.69, 9.17) is 0 Å². The molecule has 5 nitrogen and oxygen atoms in total. The van der Waals surface area contributed by atoms with Crippen molar-refractivity contribution in [3.8, 4) is 17.5 Å². The SMILES string of the molecule is O=C1c2ccccc2C(=O)c2c1c(=O)n(CC#Cc1ccccc1)n2-c1ccccc1. The number of hydrogen-bond donors (Lipinski definition) is 0. The first-order valence-electron chi connectivity index (χ1n) is 9.80. The summed E-state index contributed by atoms with van der Waals surface area (Å²) >= 11 is 0. The second-order valence-corrected chi connectivity index (χ2v) is 7.11. The molecular formula is C26H16N2O3. The highest BCUT2D eigenvalue weighted by molar-refractivity contribution is 6.27. The van der Waals surface area contributed by atoms with Gasteiger partial charge in [-0.2, -0.15) is 0 Å². The van der Waals surface area contributed by atoms with E-state index in [9.17, 15) is 14.4 Å². The van der Waals surface area contributed by atoms with Gasteiger partial charge in [-0.3, -0.25) is 14.4 Å². The second kappa shape index (κ2) is 7.43. The molecule has 1 aliphatic rings. The van der Waals surface area contributed by atoms with Gasteiger partial charge >= 0.3 is 0 Å². The Morgan fingerprint density at radius 3 is 1.94 bits per heavy atom. The number of para-hydroxylation sites is 1. The van der Waals surface area contributed by atoms with Gasteiger partial charge in [0.15, 0.2) is 0 Å². The Labute approximate surface area is 178 Å². The maximum atomic E-state index is 13.3. The lowest BCUT2D eigenvalue weighted by Gasteiger charge is -2.17. The van der Waals surface area contributed by atoms with Crippen LogP contribution in [0.3, 0.4) is 0 Å². The quantitative estimate of drug-likeness (QED) is 0.424. The number of rotatable bonds is 2. The largest absolute Gasteiger partial charge is 0.288 e. The predicted molar refractivity (Wildman–Crippen MR) is 117 cm³/mol. The number of benzene rings is 3. The van der Waals surface area contributed by atoms with Crippen LogP contribution in [-0.4, -0.2) is 20.9 Å². The molecule has 1 aliphatic carbocycles. The summed E-state index contributed by atoms with van der Waals surface area (Å²) in [5, 5.41) is 0. The lowest BCUT2D eigenvalue weighted by Crippen LogP contribution is -2.26. The van der Waals surface area contributed by atoms with Crippen LogP contribution >= 0.6 is 0 Å². The molecule has 0 saturated carbocycles. The van der Waals surface area contributed by atoms with Gasteiger partial charge in [-0.25, -0.2) is 9.36 Å². The third-order valence-electron chi connectivity index (χ3n) is 5.23. The zero-order valence-corrected chi connectivity index (χ0v) is 16.4. The summed E-state index contributed by atoms with van der Waals surface area (Å²) < 4.78 is 2.88. The lowest BCUT2D eigenvalue weighted by atomic mass is 9.88. The van der Waals surface area contributed by atoms with Crippen LogP contribution in [0.2, 0.25) is 0 Å². The third kappa shape index (κ3) is 3.02. The minimum Gasteiger partial charge on any atom is -0.288 e. The van der Waals surface area contributed by atoms with Crippen molar-refractivity contribution >= 4 is 11.6 Å². The highest BCUT2D eigenvalue weighted by atomic mass is 16.2. The van der Waals surface area contributed by atoms with Gasteiger partial charge in [0, 0.05) is 16.7 Å². The van der Waals surface area contributed by atoms with Crippen LogP contribution in [0.4, 0.5) is 0 Å². The Morgan fingerprint density at radius 2 is 1.26 bits per heavy atom. The van der Waals surface area contributed by atoms with Gasteiger partial charge in [-0.05, 0) is 24.3 Å². The summed E-state index contributed by atoms with van der Waals surface area (Å²) in [6, 6.07) is 25.1. The first kappa shape index (κ1) is 18.6. The molecule has 0 spiro atoms. The first-order valence-corrected chi connectivity index (χ1v) is 9.80. The van der Waals surface area contributed by atoms with Crippen LogP contribution in [0.25, 0.3) is 5.69 Å². The fourth-order valence-electron chi connectivity index (χ4n) is 3.82. The molecule has 0 atom stereocenters.